The zero-order valence-electron chi connectivity index (χ0n) is 13.0. The number of amides is 1. The van der Waals surface area contributed by atoms with Gasteiger partial charge in [0.25, 0.3) is 0 Å². The van der Waals surface area contributed by atoms with Crippen LogP contribution < -0.4 is 5.32 Å². The third-order valence-electron chi connectivity index (χ3n) is 4.70. The van der Waals surface area contributed by atoms with Crippen LogP contribution in [0.25, 0.3) is 0 Å². The molecule has 1 aliphatic heterocycles. The maximum atomic E-state index is 12.5. The molecule has 3 rings (SSSR count). The van der Waals surface area contributed by atoms with Crippen LogP contribution in [0.2, 0.25) is 0 Å². The standard InChI is InChI=1S/C17H23BrN2OS/c1-20(16(21)10-15-11-22-9-8-19-15)12-17(6-7-17)13-2-4-14(18)5-3-13/h2-5,15,19H,6-12H2,1H3. The van der Waals surface area contributed by atoms with E-state index in [9.17, 15) is 4.79 Å². The van der Waals surface area contributed by atoms with Crippen LogP contribution in [0.15, 0.2) is 28.7 Å². The van der Waals surface area contributed by atoms with Gasteiger partial charge in [0.15, 0.2) is 0 Å². The summed E-state index contributed by atoms with van der Waals surface area (Å²) >= 11 is 5.43. The molecule has 1 atom stereocenters. The Labute approximate surface area is 145 Å². The van der Waals surface area contributed by atoms with Gasteiger partial charge >= 0.3 is 0 Å². The fraction of sp³-hybridized carbons (Fsp3) is 0.588. The second kappa shape index (κ2) is 6.93. The molecule has 0 radical (unpaired) electrons. The van der Waals surface area contributed by atoms with Gasteiger partial charge in [-0.2, -0.15) is 11.8 Å². The number of benzene rings is 1. The minimum Gasteiger partial charge on any atom is -0.345 e. The summed E-state index contributed by atoms with van der Waals surface area (Å²) in [5.41, 5.74) is 1.56. The predicted octanol–water partition coefficient (Wildman–Crippen LogP) is 3.03. The Balaban J connectivity index is 1.57. The van der Waals surface area contributed by atoms with Crippen LogP contribution in [0.1, 0.15) is 24.8 Å². The monoisotopic (exact) mass is 382 g/mol. The van der Waals surface area contributed by atoms with E-state index in [1.54, 1.807) is 0 Å². The van der Waals surface area contributed by atoms with Crippen molar-refractivity contribution in [1.29, 1.82) is 0 Å². The molecule has 1 saturated carbocycles. The fourth-order valence-corrected chi connectivity index (χ4v) is 4.37. The first-order chi connectivity index (χ1) is 10.6. The van der Waals surface area contributed by atoms with Gasteiger partial charge < -0.3 is 10.2 Å². The zero-order chi connectivity index (χ0) is 15.6. The Morgan fingerprint density at radius 2 is 2.14 bits per heavy atom. The molecule has 1 aliphatic carbocycles. The maximum absolute atomic E-state index is 12.5. The molecule has 22 heavy (non-hydrogen) atoms. The van der Waals surface area contributed by atoms with Crippen molar-refractivity contribution in [3.8, 4) is 0 Å². The first-order valence-electron chi connectivity index (χ1n) is 7.90. The molecule has 3 nitrogen and oxygen atoms in total. The number of hydrogen-bond acceptors (Lipinski definition) is 3. The molecule has 1 aromatic carbocycles. The number of rotatable bonds is 5. The molecular weight excluding hydrogens is 360 g/mol. The van der Waals surface area contributed by atoms with Gasteiger partial charge in [-0.05, 0) is 30.5 Å². The van der Waals surface area contributed by atoms with Gasteiger partial charge in [0, 0.05) is 54.0 Å². The number of thioether (sulfide) groups is 1. The van der Waals surface area contributed by atoms with Crippen LogP contribution in [0, 0.1) is 0 Å². The molecule has 1 heterocycles. The van der Waals surface area contributed by atoms with E-state index in [1.807, 2.05) is 23.7 Å². The molecule has 120 valence electrons. The fourth-order valence-electron chi connectivity index (χ4n) is 3.15. The van der Waals surface area contributed by atoms with E-state index in [2.05, 4.69) is 45.5 Å². The smallest absolute Gasteiger partial charge is 0.223 e. The van der Waals surface area contributed by atoms with Gasteiger partial charge in [0.1, 0.15) is 0 Å². The number of carbonyl (C=O) groups excluding carboxylic acids is 1. The van der Waals surface area contributed by atoms with Crippen LogP contribution in [-0.2, 0) is 10.2 Å². The first kappa shape index (κ1) is 16.3. The van der Waals surface area contributed by atoms with Crippen molar-refractivity contribution in [3.63, 3.8) is 0 Å². The van der Waals surface area contributed by atoms with Crippen LogP contribution in [-0.4, -0.2) is 48.5 Å². The van der Waals surface area contributed by atoms with E-state index >= 15 is 0 Å². The molecular formula is C17H23BrN2OS. The number of nitrogens with one attached hydrogen (secondary N) is 1. The van der Waals surface area contributed by atoms with Crippen molar-refractivity contribution in [1.82, 2.24) is 10.2 Å². The van der Waals surface area contributed by atoms with E-state index in [0.29, 0.717) is 12.5 Å². The highest BCUT2D eigenvalue weighted by atomic mass is 79.9. The molecule has 5 heteroatoms. The normalized spacial score (nSPS) is 23.1. The lowest BCUT2D eigenvalue weighted by atomic mass is 9.95. The second-order valence-electron chi connectivity index (χ2n) is 6.47. The summed E-state index contributed by atoms with van der Waals surface area (Å²) in [7, 11) is 1.96. The minimum absolute atomic E-state index is 0.194. The predicted molar refractivity (Wildman–Crippen MR) is 96.4 cm³/mol. The average molecular weight is 383 g/mol. The molecule has 1 saturated heterocycles. The average Bonchev–Trinajstić information content (AvgIpc) is 3.29. The van der Waals surface area contributed by atoms with E-state index in [0.717, 1.165) is 29.1 Å². The topological polar surface area (TPSA) is 32.3 Å². The molecule has 1 unspecified atom stereocenters. The molecule has 1 N–H and O–H groups in total. The summed E-state index contributed by atoms with van der Waals surface area (Å²) in [6, 6.07) is 8.92. The van der Waals surface area contributed by atoms with Crippen LogP contribution in [0.4, 0.5) is 0 Å². The molecule has 0 aromatic heterocycles. The Kier molecular flexibility index (Phi) is 5.15. The number of nitrogens with zero attached hydrogens (tertiary/aromatic N) is 1. The Hall–Kier alpha value is -0.520. The number of hydrogen-bond donors (Lipinski definition) is 1. The number of halogens is 1. The highest BCUT2D eigenvalue weighted by Crippen LogP contribution is 2.48. The lowest BCUT2D eigenvalue weighted by Crippen LogP contribution is -2.43. The quantitative estimate of drug-likeness (QED) is 0.849. The number of carbonyl (C=O) groups is 1. The highest BCUT2D eigenvalue weighted by Gasteiger charge is 2.45. The van der Waals surface area contributed by atoms with Crippen LogP contribution in [0.5, 0.6) is 0 Å². The van der Waals surface area contributed by atoms with Crippen molar-refractivity contribution < 1.29 is 4.79 Å². The summed E-state index contributed by atoms with van der Waals surface area (Å²) in [6.45, 7) is 1.86. The Bertz CT molecular complexity index is 524. The SMILES string of the molecule is CN(CC1(c2ccc(Br)cc2)CC1)C(=O)CC1CSCCN1. The van der Waals surface area contributed by atoms with Crippen molar-refractivity contribution in [3.05, 3.63) is 34.3 Å². The maximum Gasteiger partial charge on any atom is 0.223 e. The molecule has 1 amide bonds. The lowest BCUT2D eigenvalue weighted by Gasteiger charge is -2.28. The van der Waals surface area contributed by atoms with E-state index in [-0.39, 0.29) is 11.3 Å². The van der Waals surface area contributed by atoms with Gasteiger partial charge in [0.2, 0.25) is 5.91 Å². The number of likely N-dealkylation sites (N-methyl/N-ethyl adjacent to an activating group) is 1. The third-order valence-corrected chi connectivity index (χ3v) is 6.35. The Morgan fingerprint density at radius 3 is 2.73 bits per heavy atom. The van der Waals surface area contributed by atoms with Gasteiger partial charge in [-0.15, -0.1) is 0 Å². The summed E-state index contributed by atoms with van der Waals surface area (Å²) in [4.78, 5) is 14.4. The van der Waals surface area contributed by atoms with Crippen molar-refractivity contribution in [2.45, 2.75) is 30.7 Å². The van der Waals surface area contributed by atoms with Gasteiger partial charge in [-0.3, -0.25) is 4.79 Å². The van der Waals surface area contributed by atoms with Gasteiger partial charge in [-0.25, -0.2) is 0 Å². The summed E-state index contributed by atoms with van der Waals surface area (Å²) in [5, 5.41) is 3.45. The lowest BCUT2D eigenvalue weighted by molar-refractivity contribution is -0.130. The van der Waals surface area contributed by atoms with Crippen molar-refractivity contribution in [2.75, 3.05) is 31.6 Å². The Morgan fingerprint density at radius 1 is 1.41 bits per heavy atom. The van der Waals surface area contributed by atoms with Crippen LogP contribution >= 0.6 is 27.7 Å². The second-order valence-corrected chi connectivity index (χ2v) is 8.53. The van der Waals surface area contributed by atoms with Gasteiger partial charge in [0.05, 0.1) is 0 Å². The summed E-state index contributed by atoms with van der Waals surface area (Å²) in [6.07, 6.45) is 2.99. The molecule has 2 fully saturated rings. The summed E-state index contributed by atoms with van der Waals surface area (Å²) in [5.74, 6) is 2.48. The molecule has 1 aromatic rings. The first-order valence-corrected chi connectivity index (χ1v) is 9.85. The van der Waals surface area contributed by atoms with E-state index in [4.69, 9.17) is 0 Å². The largest absolute Gasteiger partial charge is 0.345 e. The van der Waals surface area contributed by atoms with Gasteiger partial charge in [-0.1, -0.05) is 28.1 Å². The van der Waals surface area contributed by atoms with Crippen molar-refractivity contribution >= 4 is 33.6 Å². The molecule has 2 aliphatic rings. The molecule has 0 bridgehead atoms. The third kappa shape index (κ3) is 3.87. The highest BCUT2D eigenvalue weighted by molar-refractivity contribution is 9.10. The minimum atomic E-state index is 0.194. The van der Waals surface area contributed by atoms with Crippen LogP contribution in [0.3, 0.4) is 0 Å². The summed E-state index contributed by atoms with van der Waals surface area (Å²) < 4.78 is 1.11. The zero-order valence-corrected chi connectivity index (χ0v) is 15.4. The molecule has 0 spiro atoms. The van der Waals surface area contributed by atoms with E-state index < -0.39 is 0 Å². The van der Waals surface area contributed by atoms with Crippen molar-refractivity contribution in [2.24, 2.45) is 0 Å². The van der Waals surface area contributed by atoms with E-state index in [1.165, 1.54) is 18.4 Å².